The number of hydrogen-bond donors (Lipinski definition) is 4. The molecule has 3 aliphatic rings. The van der Waals surface area contributed by atoms with Gasteiger partial charge in [-0.3, -0.25) is 0 Å². The summed E-state index contributed by atoms with van der Waals surface area (Å²) >= 11 is 0. The monoisotopic (exact) mass is 336 g/mol. The molecule has 0 spiro atoms. The van der Waals surface area contributed by atoms with E-state index in [4.69, 9.17) is 4.74 Å². The van der Waals surface area contributed by atoms with Crippen LogP contribution in [0, 0.1) is 5.92 Å². The molecule has 1 aromatic heterocycles. The lowest BCUT2D eigenvalue weighted by Gasteiger charge is -2.33. The zero-order valence-corrected chi connectivity index (χ0v) is 12.5. The molecule has 1 saturated heterocycles. The number of nitrogens with one attached hydrogen (secondary N) is 1. The van der Waals surface area contributed by atoms with Crippen LogP contribution in [0.3, 0.4) is 0 Å². The van der Waals surface area contributed by atoms with Gasteiger partial charge < -0.3 is 29.9 Å². The molecule has 0 aromatic carbocycles. The molecule has 1 fully saturated rings. The van der Waals surface area contributed by atoms with Gasteiger partial charge in [0.1, 0.15) is 36.6 Å². The predicted octanol–water partition coefficient (Wildman–Crippen LogP) is -0.647. The van der Waals surface area contributed by atoms with Crippen molar-refractivity contribution in [3.63, 3.8) is 0 Å². The number of aliphatic imine (C=N–C) groups is 2. The standard InChI is InChI=1S/C15H17FN4O4/c16-8-4-20(15-13(23)12(22)9(5-21)24-15)14-10(8)11(18-6-19-14)7-1-2-17-3-7/h1-4,6,9-10,12-15,17,21-23H,5H2/t9-,10?,12?,13?,14?,15-/m1/s1. The Kier molecular flexibility index (Phi) is 3.72. The van der Waals surface area contributed by atoms with Gasteiger partial charge in [0.15, 0.2) is 6.23 Å². The van der Waals surface area contributed by atoms with Crippen molar-refractivity contribution in [3.8, 4) is 0 Å². The molecular formula is C15H17FN4O4. The van der Waals surface area contributed by atoms with Gasteiger partial charge in [0.25, 0.3) is 0 Å². The minimum atomic E-state index is -1.28. The second kappa shape index (κ2) is 5.78. The Morgan fingerprint density at radius 1 is 1.33 bits per heavy atom. The second-order valence-electron chi connectivity index (χ2n) is 5.96. The third kappa shape index (κ3) is 2.20. The van der Waals surface area contributed by atoms with E-state index in [0.717, 1.165) is 5.56 Å². The number of hydrogen-bond acceptors (Lipinski definition) is 7. The third-order valence-corrected chi connectivity index (χ3v) is 4.59. The van der Waals surface area contributed by atoms with Crippen LogP contribution in [0.4, 0.5) is 4.39 Å². The zero-order chi connectivity index (χ0) is 16.8. The van der Waals surface area contributed by atoms with Crippen LogP contribution < -0.4 is 0 Å². The molecule has 8 nitrogen and oxygen atoms in total. The molecule has 9 heteroatoms. The van der Waals surface area contributed by atoms with Gasteiger partial charge in [0.05, 0.1) is 18.2 Å². The summed E-state index contributed by atoms with van der Waals surface area (Å²) in [7, 11) is 0. The van der Waals surface area contributed by atoms with E-state index in [1.54, 1.807) is 18.5 Å². The lowest BCUT2D eigenvalue weighted by atomic mass is 9.95. The maximum Gasteiger partial charge on any atom is 0.160 e. The molecule has 4 rings (SSSR count). The SMILES string of the molecule is OC[C@H]1O[C@@H](N2C=C(F)C3C(c4cc[nH]c4)=NC=NC32)C(O)C1O. The maximum atomic E-state index is 14.6. The molecule has 24 heavy (non-hydrogen) atoms. The van der Waals surface area contributed by atoms with Gasteiger partial charge in [-0.2, -0.15) is 0 Å². The number of rotatable bonds is 3. The molecule has 3 aliphatic heterocycles. The fourth-order valence-electron chi connectivity index (χ4n) is 3.38. The van der Waals surface area contributed by atoms with Gasteiger partial charge >= 0.3 is 0 Å². The van der Waals surface area contributed by atoms with Gasteiger partial charge in [-0.05, 0) is 6.07 Å². The number of ether oxygens (including phenoxy) is 1. The molecule has 1 aromatic rings. The number of nitrogens with zero attached hydrogens (tertiary/aromatic N) is 3. The van der Waals surface area contributed by atoms with Crippen LogP contribution in [0.5, 0.6) is 0 Å². The van der Waals surface area contributed by atoms with Crippen LogP contribution in [0.1, 0.15) is 5.56 Å². The van der Waals surface area contributed by atoms with E-state index in [-0.39, 0.29) is 0 Å². The van der Waals surface area contributed by atoms with Crippen LogP contribution in [0.15, 0.2) is 40.5 Å². The first-order valence-electron chi connectivity index (χ1n) is 7.61. The molecule has 0 radical (unpaired) electrons. The fourth-order valence-corrected chi connectivity index (χ4v) is 3.38. The van der Waals surface area contributed by atoms with E-state index in [1.807, 2.05) is 0 Å². The average molecular weight is 336 g/mol. The lowest BCUT2D eigenvalue weighted by Crippen LogP contribution is -2.47. The van der Waals surface area contributed by atoms with Gasteiger partial charge in [-0.25, -0.2) is 14.4 Å². The number of aliphatic hydroxyl groups excluding tert-OH is 3. The highest BCUT2D eigenvalue weighted by Crippen LogP contribution is 2.39. The lowest BCUT2D eigenvalue weighted by molar-refractivity contribution is -0.0898. The highest BCUT2D eigenvalue weighted by molar-refractivity contribution is 6.08. The summed E-state index contributed by atoms with van der Waals surface area (Å²) in [6.07, 6.45) is 0.889. The van der Waals surface area contributed by atoms with E-state index in [0.29, 0.717) is 5.71 Å². The number of aliphatic hydroxyl groups is 3. The molecule has 0 amide bonds. The van der Waals surface area contributed by atoms with Gasteiger partial charge in [0.2, 0.25) is 0 Å². The van der Waals surface area contributed by atoms with Crippen molar-refractivity contribution in [2.75, 3.05) is 6.61 Å². The van der Waals surface area contributed by atoms with Crippen molar-refractivity contribution >= 4 is 12.1 Å². The van der Waals surface area contributed by atoms with Crippen LogP contribution in [0.2, 0.25) is 0 Å². The summed E-state index contributed by atoms with van der Waals surface area (Å²) in [6, 6.07) is 1.79. The van der Waals surface area contributed by atoms with Gasteiger partial charge in [0, 0.05) is 24.2 Å². The van der Waals surface area contributed by atoms with Crippen molar-refractivity contribution in [2.45, 2.75) is 30.7 Å². The fraction of sp³-hybridized carbons (Fsp3) is 0.467. The quantitative estimate of drug-likeness (QED) is 0.586. The van der Waals surface area contributed by atoms with Gasteiger partial charge in [-0.15, -0.1) is 0 Å². The van der Waals surface area contributed by atoms with Crippen molar-refractivity contribution in [1.29, 1.82) is 0 Å². The molecule has 128 valence electrons. The minimum Gasteiger partial charge on any atom is -0.394 e. The summed E-state index contributed by atoms with van der Waals surface area (Å²) in [6.45, 7) is -0.442. The van der Waals surface area contributed by atoms with Crippen LogP contribution in [-0.2, 0) is 4.74 Å². The first kappa shape index (κ1) is 15.5. The average Bonchev–Trinajstić information content (AvgIpc) is 3.29. The van der Waals surface area contributed by atoms with Gasteiger partial charge in [-0.1, -0.05) is 0 Å². The molecule has 0 saturated carbocycles. The highest BCUT2D eigenvalue weighted by Gasteiger charge is 2.51. The Morgan fingerprint density at radius 2 is 2.17 bits per heavy atom. The van der Waals surface area contributed by atoms with Crippen LogP contribution in [-0.4, -0.2) is 74.6 Å². The van der Waals surface area contributed by atoms with E-state index < -0.39 is 49.1 Å². The second-order valence-corrected chi connectivity index (χ2v) is 5.96. The Bertz CT molecular complexity index is 704. The Hall–Kier alpha value is -2.07. The summed E-state index contributed by atoms with van der Waals surface area (Å²) in [5.41, 5.74) is 1.28. The summed E-state index contributed by atoms with van der Waals surface area (Å²) in [5, 5.41) is 29.3. The van der Waals surface area contributed by atoms with Crippen LogP contribution in [0.25, 0.3) is 0 Å². The zero-order valence-electron chi connectivity index (χ0n) is 12.5. The third-order valence-electron chi connectivity index (χ3n) is 4.59. The van der Waals surface area contributed by atoms with Crippen molar-refractivity contribution in [3.05, 3.63) is 36.1 Å². The van der Waals surface area contributed by atoms with Crippen molar-refractivity contribution < 1.29 is 24.4 Å². The largest absolute Gasteiger partial charge is 0.394 e. The number of aromatic amines is 1. The minimum absolute atomic E-state index is 0.442. The van der Waals surface area contributed by atoms with E-state index in [9.17, 15) is 19.7 Å². The normalized spacial score (nSPS) is 38.2. The maximum absolute atomic E-state index is 14.6. The smallest absolute Gasteiger partial charge is 0.160 e. The van der Waals surface area contributed by atoms with E-state index in [2.05, 4.69) is 15.0 Å². The number of aromatic nitrogens is 1. The first-order valence-corrected chi connectivity index (χ1v) is 7.61. The molecule has 4 heterocycles. The number of H-pyrrole nitrogens is 1. The first-order chi connectivity index (χ1) is 11.6. The molecule has 0 aliphatic carbocycles. The summed E-state index contributed by atoms with van der Waals surface area (Å²) < 4.78 is 20.1. The summed E-state index contributed by atoms with van der Waals surface area (Å²) in [5.74, 6) is -1.17. The highest BCUT2D eigenvalue weighted by atomic mass is 19.1. The topological polar surface area (TPSA) is 114 Å². The Morgan fingerprint density at radius 3 is 2.83 bits per heavy atom. The van der Waals surface area contributed by atoms with E-state index in [1.165, 1.54) is 17.4 Å². The Balaban J connectivity index is 1.63. The van der Waals surface area contributed by atoms with Crippen LogP contribution >= 0.6 is 0 Å². The van der Waals surface area contributed by atoms with E-state index >= 15 is 0 Å². The molecule has 0 bridgehead atoms. The molecule has 4 unspecified atom stereocenters. The van der Waals surface area contributed by atoms with Crippen molar-refractivity contribution in [2.24, 2.45) is 15.9 Å². The Labute approximate surface area is 136 Å². The van der Waals surface area contributed by atoms with Crippen molar-refractivity contribution in [1.82, 2.24) is 9.88 Å². The number of fused-ring (bicyclic) bond motifs is 1. The predicted molar refractivity (Wildman–Crippen MR) is 81.9 cm³/mol. The molecule has 4 N–H and O–H groups in total. The molecule has 6 atom stereocenters. The summed E-state index contributed by atoms with van der Waals surface area (Å²) in [4.78, 5) is 12.8. The number of halogens is 1. The molecular weight excluding hydrogens is 319 g/mol.